The van der Waals surface area contributed by atoms with E-state index in [1.807, 2.05) is 6.92 Å². The number of methoxy groups -OCH3 is 1. The lowest BCUT2D eigenvalue weighted by atomic mass is 9.95. The summed E-state index contributed by atoms with van der Waals surface area (Å²) in [6.45, 7) is 7.95. The van der Waals surface area contributed by atoms with Gasteiger partial charge in [0.15, 0.2) is 0 Å². The van der Waals surface area contributed by atoms with E-state index in [0.29, 0.717) is 19.1 Å². The van der Waals surface area contributed by atoms with Crippen LogP contribution >= 0.6 is 0 Å². The number of likely N-dealkylation sites (tertiary alicyclic amines) is 1. The Kier molecular flexibility index (Phi) is 6.65. The van der Waals surface area contributed by atoms with E-state index in [4.69, 9.17) is 14.7 Å². The molecule has 0 aliphatic carbocycles. The van der Waals surface area contributed by atoms with Crippen LogP contribution in [0.3, 0.4) is 0 Å². The molecule has 3 heterocycles. The van der Waals surface area contributed by atoms with Crippen molar-refractivity contribution in [2.45, 2.75) is 51.5 Å². The molecule has 0 radical (unpaired) electrons. The molecular formula is C20H33N5O2. The number of fused-ring (bicyclic) bond motifs is 1. The van der Waals surface area contributed by atoms with Crippen molar-refractivity contribution in [1.82, 2.24) is 20.2 Å². The van der Waals surface area contributed by atoms with E-state index in [9.17, 15) is 4.79 Å². The van der Waals surface area contributed by atoms with E-state index in [0.717, 1.165) is 56.2 Å². The number of carbonyl (C=O) groups excluding carboxylic acids is 1. The average Bonchev–Trinajstić information content (AvgIpc) is 2.63. The predicted molar refractivity (Wildman–Crippen MR) is 106 cm³/mol. The number of aryl methyl sites for hydroxylation is 1. The molecule has 7 heteroatoms. The number of rotatable bonds is 6. The van der Waals surface area contributed by atoms with Crippen molar-refractivity contribution in [3.63, 3.8) is 0 Å². The van der Waals surface area contributed by atoms with E-state index in [1.54, 1.807) is 7.11 Å². The fourth-order valence-corrected chi connectivity index (χ4v) is 4.16. The molecule has 1 atom stereocenters. The number of ether oxygens (including phenoxy) is 1. The van der Waals surface area contributed by atoms with Crippen LogP contribution in [0.15, 0.2) is 0 Å². The number of nitrogens with zero attached hydrogens (tertiary/aromatic N) is 4. The van der Waals surface area contributed by atoms with Crippen LogP contribution in [0.5, 0.6) is 0 Å². The minimum atomic E-state index is 0.0453. The van der Waals surface area contributed by atoms with Gasteiger partial charge in [-0.15, -0.1) is 0 Å². The van der Waals surface area contributed by atoms with Crippen LogP contribution in [0.4, 0.5) is 5.82 Å². The Morgan fingerprint density at radius 2 is 2.04 bits per heavy atom. The van der Waals surface area contributed by atoms with Crippen LogP contribution in [0.1, 0.15) is 49.2 Å². The summed E-state index contributed by atoms with van der Waals surface area (Å²) in [5.74, 6) is 2.56. The predicted octanol–water partition coefficient (Wildman–Crippen LogP) is 1.50. The zero-order chi connectivity index (χ0) is 19.4. The second-order valence-electron chi connectivity index (χ2n) is 7.97. The third-order valence-electron chi connectivity index (χ3n) is 5.64. The first kappa shape index (κ1) is 20.0. The molecule has 1 aromatic heterocycles. The first-order valence-electron chi connectivity index (χ1n) is 10.1. The van der Waals surface area contributed by atoms with Gasteiger partial charge in [0, 0.05) is 43.9 Å². The molecule has 1 fully saturated rings. The van der Waals surface area contributed by atoms with Gasteiger partial charge in [0.2, 0.25) is 5.91 Å². The third kappa shape index (κ3) is 4.96. The van der Waals surface area contributed by atoms with Gasteiger partial charge in [-0.25, -0.2) is 9.97 Å². The fourth-order valence-electron chi connectivity index (χ4n) is 4.16. The number of aromatic nitrogens is 2. The Balaban J connectivity index is 1.56. The summed E-state index contributed by atoms with van der Waals surface area (Å²) in [7, 11) is 3.77. The van der Waals surface area contributed by atoms with Crippen molar-refractivity contribution < 1.29 is 9.53 Å². The number of hydrogen-bond acceptors (Lipinski definition) is 6. The highest BCUT2D eigenvalue weighted by Gasteiger charge is 2.27. The average molecular weight is 376 g/mol. The van der Waals surface area contributed by atoms with Crippen LogP contribution in [-0.4, -0.2) is 73.8 Å². The standard InChI is InChI=1S/C20H33N5O2/c1-14(13-27-4)21-18(26)12-25-10-7-16(8-11-25)19-22-15(2)17-6-5-9-24(3)20(17)23-19/h14,16H,5-13H2,1-4H3,(H,21,26). The van der Waals surface area contributed by atoms with Gasteiger partial charge in [-0.1, -0.05) is 0 Å². The summed E-state index contributed by atoms with van der Waals surface area (Å²) in [5.41, 5.74) is 2.45. The Labute approximate surface area is 162 Å². The third-order valence-corrected chi connectivity index (χ3v) is 5.64. The molecule has 1 unspecified atom stereocenters. The van der Waals surface area contributed by atoms with Gasteiger partial charge in [0.25, 0.3) is 0 Å². The van der Waals surface area contributed by atoms with E-state index in [-0.39, 0.29) is 11.9 Å². The summed E-state index contributed by atoms with van der Waals surface area (Å²) in [6, 6.07) is 0.0453. The van der Waals surface area contributed by atoms with Gasteiger partial charge in [-0.3, -0.25) is 9.69 Å². The van der Waals surface area contributed by atoms with E-state index < -0.39 is 0 Å². The molecule has 1 saturated heterocycles. The van der Waals surface area contributed by atoms with Gasteiger partial charge in [-0.05, 0) is 52.6 Å². The van der Waals surface area contributed by atoms with E-state index >= 15 is 0 Å². The highest BCUT2D eigenvalue weighted by molar-refractivity contribution is 5.78. The topological polar surface area (TPSA) is 70.6 Å². The van der Waals surface area contributed by atoms with E-state index in [2.05, 4.69) is 29.1 Å². The second kappa shape index (κ2) is 8.97. The number of hydrogen-bond donors (Lipinski definition) is 1. The van der Waals surface area contributed by atoms with Crippen molar-refractivity contribution in [2.24, 2.45) is 0 Å². The number of carbonyl (C=O) groups is 1. The van der Waals surface area contributed by atoms with Gasteiger partial charge in [0.1, 0.15) is 11.6 Å². The largest absolute Gasteiger partial charge is 0.383 e. The normalized spacial score (nSPS) is 19.6. The molecule has 2 aliphatic heterocycles. The zero-order valence-corrected chi connectivity index (χ0v) is 17.1. The molecule has 1 aromatic rings. The van der Waals surface area contributed by atoms with Gasteiger partial charge >= 0.3 is 0 Å². The molecule has 150 valence electrons. The molecule has 1 amide bonds. The molecule has 0 saturated carbocycles. The summed E-state index contributed by atoms with van der Waals surface area (Å²) >= 11 is 0. The Hall–Kier alpha value is -1.73. The minimum absolute atomic E-state index is 0.0453. The Morgan fingerprint density at radius 3 is 2.74 bits per heavy atom. The lowest BCUT2D eigenvalue weighted by Crippen LogP contribution is -2.44. The Bertz CT molecular complexity index is 658. The van der Waals surface area contributed by atoms with Crippen molar-refractivity contribution >= 4 is 11.7 Å². The summed E-state index contributed by atoms with van der Waals surface area (Å²) < 4.78 is 5.07. The number of piperidine rings is 1. The highest BCUT2D eigenvalue weighted by atomic mass is 16.5. The first-order valence-corrected chi connectivity index (χ1v) is 10.1. The van der Waals surface area contributed by atoms with Crippen LogP contribution < -0.4 is 10.2 Å². The van der Waals surface area contributed by atoms with Gasteiger partial charge in [-0.2, -0.15) is 0 Å². The summed E-state index contributed by atoms with van der Waals surface area (Å²) in [4.78, 5) is 26.4. The summed E-state index contributed by atoms with van der Waals surface area (Å²) in [5, 5.41) is 2.98. The maximum absolute atomic E-state index is 12.2. The smallest absolute Gasteiger partial charge is 0.234 e. The SMILES string of the molecule is COCC(C)NC(=O)CN1CCC(c2nc(C)c3c(n2)N(C)CCC3)CC1. The monoisotopic (exact) mass is 375 g/mol. The van der Waals surface area contributed by atoms with Crippen molar-refractivity contribution in [3.8, 4) is 0 Å². The minimum Gasteiger partial charge on any atom is -0.383 e. The van der Waals surface area contributed by atoms with Crippen molar-refractivity contribution in [3.05, 3.63) is 17.1 Å². The highest BCUT2D eigenvalue weighted by Crippen LogP contribution is 2.31. The molecule has 27 heavy (non-hydrogen) atoms. The Morgan fingerprint density at radius 1 is 1.30 bits per heavy atom. The summed E-state index contributed by atoms with van der Waals surface area (Å²) in [6.07, 6.45) is 4.27. The molecule has 3 rings (SSSR count). The molecule has 0 aromatic carbocycles. The van der Waals surface area contributed by atoms with E-state index in [1.165, 1.54) is 12.0 Å². The maximum Gasteiger partial charge on any atom is 0.234 e. The lowest BCUT2D eigenvalue weighted by molar-refractivity contribution is -0.123. The van der Waals surface area contributed by atoms with Gasteiger partial charge in [0.05, 0.1) is 13.2 Å². The van der Waals surface area contributed by atoms with Crippen LogP contribution in [0.2, 0.25) is 0 Å². The van der Waals surface area contributed by atoms with Gasteiger partial charge < -0.3 is 15.0 Å². The second-order valence-corrected chi connectivity index (χ2v) is 7.97. The van der Waals surface area contributed by atoms with Crippen LogP contribution in [-0.2, 0) is 16.0 Å². The number of amides is 1. The van der Waals surface area contributed by atoms with Crippen molar-refractivity contribution in [2.75, 3.05) is 51.8 Å². The molecule has 2 aliphatic rings. The molecule has 7 nitrogen and oxygen atoms in total. The fraction of sp³-hybridized carbons (Fsp3) is 0.750. The lowest BCUT2D eigenvalue weighted by Gasteiger charge is -2.32. The maximum atomic E-state index is 12.2. The van der Waals surface area contributed by atoms with Crippen LogP contribution in [0.25, 0.3) is 0 Å². The molecule has 1 N–H and O–H groups in total. The van der Waals surface area contributed by atoms with Crippen LogP contribution in [0, 0.1) is 6.92 Å². The number of nitrogens with one attached hydrogen (secondary N) is 1. The van der Waals surface area contributed by atoms with Crippen molar-refractivity contribution in [1.29, 1.82) is 0 Å². The number of anilines is 1. The zero-order valence-electron chi connectivity index (χ0n) is 17.1. The molecular weight excluding hydrogens is 342 g/mol. The first-order chi connectivity index (χ1) is 13.0. The molecule has 0 spiro atoms. The quantitative estimate of drug-likeness (QED) is 0.813. The molecule has 0 bridgehead atoms.